The first kappa shape index (κ1) is 19.3. The number of rotatable bonds is 6. The summed E-state index contributed by atoms with van der Waals surface area (Å²) >= 11 is 0. The predicted molar refractivity (Wildman–Crippen MR) is 109 cm³/mol. The van der Waals surface area contributed by atoms with Gasteiger partial charge in [0, 0.05) is 32.4 Å². The SMILES string of the molecule is CCOc1ccccc1Oc1ccc(CNC2=NCCN2C)cn1.I. The van der Waals surface area contributed by atoms with Crippen molar-refractivity contribution in [1.29, 1.82) is 0 Å². The molecule has 0 atom stereocenters. The Balaban J connectivity index is 0.00000225. The smallest absolute Gasteiger partial charge is 0.219 e. The van der Waals surface area contributed by atoms with Crippen LogP contribution in [0.25, 0.3) is 0 Å². The van der Waals surface area contributed by atoms with Crippen molar-refractivity contribution < 1.29 is 9.47 Å². The van der Waals surface area contributed by atoms with Gasteiger partial charge in [-0.25, -0.2) is 4.98 Å². The molecule has 0 saturated carbocycles. The van der Waals surface area contributed by atoms with E-state index in [1.165, 1.54) is 0 Å². The minimum absolute atomic E-state index is 0. The number of benzene rings is 1. The fraction of sp³-hybridized carbons (Fsp3) is 0.333. The molecule has 6 nitrogen and oxygen atoms in total. The molecule has 25 heavy (non-hydrogen) atoms. The number of aliphatic imine (C=N–C) groups is 1. The Morgan fingerprint density at radius 1 is 1.16 bits per heavy atom. The van der Waals surface area contributed by atoms with Crippen molar-refractivity contribution in [1.82, 2.24) is 15.2 Å². The summed E-state index contributed by atoms with van der Waals surface area (Å²) in [5, 5.41) is 3.32. The number of para-hydroxylation sites is 2. The molecule has 0 saturated heterocycles. The summed E-state index contributed by atoms with van der Waals surface area (Å²) < 4.78 is 11.4. The van der Waals surface area contributed by atoms with Crippen LogP contribution in [0, 0.1) is 0 Å². The molecule has 1 N–H and O–H groups in total. The molecule has 0 amide bonds. The first-order valence-corrected chi connectivity index (χ1v) is 8.10. The average molecular weight is 454 g/mol. The summed E-state index contributed by atoms with van der Waals surface area (Å²) in [6.07, 6.45) is 1.81. The fourth-order valence-corrected chi connectivity index (χ4v) is 2.40. The molecule has 0 aliphatic carbocycles. The Bertz CT molecular complexity index is 706. The first-order chi connectivity index (χ1) is 11.8. The molecule has 1 aromatic carbocycles. The molecular formula is C18H23IN4O2. The largest absolute Gasteiger partial charge is 0.490 e. The van der Waals surface area contributed by atoms with Gasteiger partial charge in [0.15, 0.2) is 17.5 Å². The van der Waals surface area contributed by atoms with Gasteiger partial charge >= 0.3 is 0 Å². The van der Waals surface area contributed by atoms with E-state index in [2.05, 4.69) is 20.2 Å². The molecule has 1 aromatic heterocycles. The summed E-state index contributed by atoms with van der Waals surface area (Å²) in [5.41, 5.74) is 1.07. The van der Waals surface area contributed by atoms with E-state index in [0.29, 0.717) is 24.8 Å². The highest BCUT2D eigenvalue weighted by Crippen LogP contribution is 2.30. The van der Waals surface area contributed by atoms with Crippen molar-refractivity contribution in [2.45, 2.75) is 13.5 Å². The molecule has 0 spiro atoms. The van der Waals surface area contributed by atoms with E-state index in [9.17, 15) is 0 Å². The molecule has 7 heteroatoms. The molecule has 134 valence electrons. The third kappa shape index (κ3) is 5.22. The van der Waals surface area contributed by atoms with E-state index in [1.807, 2.05) is 50.4 Å². The molecule has 0 fully saturated rings. The molecule has 0 unspecified atom stereocenters. The maximum Gasteiger partial charge on any atom is 0.219 e. The lowest BCUT2D eigenvalue weighted by molar-refractivity contribution is 0.319. The maximum atomic E-state index is 5.82. The van der Waals surface area contributed by atoms with E-state index in [4.69, 9.17) is 9.47 Å². The molecule has 1 aliphatic heterocycles. The number of halogens is 1. The van der Waals surface area contributed by atoms with Crippen molar-refractivity contribution in [2.24, 2.45) is 4.99 Å². The lowest BCUT2D eigenvalue weighted by Gasteiger charge is -2.15. The van der Waals surface area contributed by atoms with E-state index in [1.54, 1.807) is 6.20 Å². The molecule has 2 aromatic rings. The monoisotopic (exact) mass is 454 g/mol. The number of ether oxygens (including phenoxy) is 2. The highest BCUT2D eigenvalue weighted by molar-refractivity contribution is 14.0. The van der Waals surface area contributed by atoms with Gasteiger partial charge in [0.05, 0.1) is 13.2 Å². The number of hydrogen-bond donors (Lipinski definition) is 1. The standard InChI is InChI=1S/C18H22N4O2.HI/c1-3-23-15-6-4-5-7-16(15)24-17-9-8-14(12-20-17)13-21-18-19-10-11-22(18)2;/h4-9,12H,3,10-11,13H2,1-2H3,(H,19,21);1H. The van der Waals surface area contributed by atoms with E-state index < -0.39 is 0 Å². The summed E-state index contributed by atoms with van der Waals surface area (Å²) in [7, 11) is 2.03. The highest BCUT2D eigenvalue weighted by atomic mass is 127. The Morgan fingerprint density at radius 3 is 2.60 bits per heavy atom. The highest BCUT2D eigenvalue weighted by Gasteiger charge is 2.11. The number of hydrogen-bond acceptors (Lipinski definition) is 6. The van der Waals surface area contributed by atoms with E-state index in [-0.39, 0.29) is 24.0 Å². The predicted octanol–water partition coefficient (Wildman–Crippen LogP) is 3.28. The van der Waals surface area contributed by atoms with Crippen molar-refractivity contribution in [3.05, 3.63) is 48.2 Å². The van der Waals surface area contributed by atoms with Crippen LogP contribution in [-0.2, 0) is 6.54 Å². The number of nitrogens with one attached hydrogen (secondary N) is 1. The molecular weight excluding hydrogens is 431 g/mol. The van der Waals surface area contributed by atoms with Crippen LogP contribution < -0.4 is 14.8 Å². The fourth-order valence-electron chi connectivity index (χ4n) is 2.40. The van der Waals surface area contributed by atoms with Crippen molar-refractivity contribution in [2.75, 3.05) is 26.7 Å². The third-order valence-corrected chi connectivity index (χ3v) is 3.67. The Labute approximate surface area is 165 Å². The molecule has 3 rings (SSSR count). The number of guanidine groups is 1. The van der Waals surface area contributed by atoms with Crippen molar-refractivity contribution in [3.63, 3.8) is 0 Å². The average Bonchev–Trinajstić information content (AvgIpc) is 3.01. The molecule has 0 radical (unpaired) electrons. The van der Waals surface area contributed by atoms with Gasteiger partial charge in [0.2, 0.25) is 5.88 Å². The van der Waals surface area contributed by atoms with Crippen molar-refractivity contribution in [3.8, 4) is 17.4 Å². The zero-order valence-corrected chi connectivity index (χ0v) is 16.8. The van der Waals surface area contributed by atoms with Crippen LogP contribution in [0.3, 0.4) is 0 Å². The van der Waals surface area contributed by atoms with Gasteiger partial charge in [0.25, 0.3) is 0 Å². The van der Waals surface area contributed by atoms with E-state index in [0.717, 1.165) is 30.4 Å². The second-order valence-corrected chi connectivity index (χ2v) is 5.47. The Hall–Kier alpha value is -2.03. The first-order valence-electron chi connectivity index (χ1n) is 8.10. The van der Waals surface area contributed by atoms with Crippen molar-refractivity contribution >= 4 is 29.9 Å². The lowest BCUT2D eigenvalue weighted by Crippen LogP contribution is -2.35. The zero-order valence-electron chi connectivity index (χ0n) is 14.4. The molecule has 2 heterocycles. The minimum Gasteiger partial charge on any atom is -0.490 e. The third-order valence-electron chi connectivity index (χ3n) is 3.67. The van der Waals surface area contributed by atoms with Gasteiger partial charge in [-0.05, 0) is 24.6 Å². The Morgan fingerprint density at radius 2 is 1.96 bits per heavy atom. The van der Waals surface area contributed by atoms with Gasteiger partial charge in [0.1, 0.15) is 0 Å². The summed E-state index contributed by atoms with van der Waals surface area (Å²) in [6.45, 7) is 5.04. The van der Waals surface area contributed by atoms with Crippen LogP contribution in [0.5, 0.6) is 17.4 Å². The number of nitrogens with zero attached hydrogens (tertiary/aromatic N) is 3. The number of likely N-dealkylation sites (N-methyl/N-ethyl adjacent to an activating group) is 1. The topological polar surface area (TPSA) is 59.0 Å². The van der Waals surface area contributed by atoms with E-state index >= 15 is 0 Å². The van der Waals surface area contributed by atoms with Crippen LogP contribution in [0.4, 0.5) is 0 Å². The zero-order chi connectivity index (χ0) is 16.8. The summed E-state index contributed by atoms with van der Waals surface area (Å²) in [6, 6.07) is 11.4. The second kappa shape index (κ2) is 9.45. The second-order valence-electron chi connectivity index (χ2n) is 5.47. The maximum absolute atomic E-state index is 5.82. The van der Waals surface area contributed by atoms with Crippen LogP contribution in [0.15, 0.2) is 47.6 Å². The van der Waals surface area contributed by atoms with Gasteiger partial charge in [-0.1, -0.05) is 18.2 Å². The lowest BCUT2D eigenvalue weighted by atomic mass is 10.3. The normalized spacial score (nSPS) is 13.0. The molecule has 0 bridgehead atoms. The van der Waals surface area contributed by atoms with Gasteiger partial charge in [-0.15, -0.1) is 24.0 Å². The van der Waals surface area contributed by atoms with Gasteiger partial charge in [-0.3, -0.25) is 4.99 Å². The number of pyridine rings is 1. The number of aromatic nitrogens is 1. The van der Waals surface area contributed by atoms with Crippen LogP contribution in [0.1, 0.15) is 12.5 Å². The minimum atomic E-state index is 0. The van der Waals surface area contributed by atoms with Crippen LogP contribution in [0.2, 0.25) is 0 Å². The quantitative estimate of drug-likeness (QED) is 0.680. The van der Waals surface area contributed by atoms with Crippen LogP contribution >= 0.6 is 24.0 Å². The molecule has 1 aliphatic rings. The van der Waals surface area contributed by atoms with Gasteiger partial charge < -0.3 is 19.7 Å². The van der Waals surface area contributed by atoms with Gasteiger partial charge in [-0.2, -0.15) is 0 Å². The summed E-state index contributed by atoms with van der Waals surface area (Å²) in [5.74, 6) is 2.86. The Kier molecular flexibility index (Phi) is 7.30. The summed E-state index contributed by atoms with van der Waals surface area (Å²) in [4.78, 5) is 10.9. The van der Waals surface area contributed by atoms with Crippen LogP contribution in [-0.4, -0.2) is 42.6 Å².